The Morgan fingerprint density at radius 2 is 1.81 bits per heavy atom. The molecule has 1 N–H and O–H groups in total. The predicted octanol–water partition coefficient (Wildman–Crippen LogP) is 0.699. The number of carbonyl (C=O) groups excluding carboxylic acids is 2. The van der Waals surface area contributed by atoms with Gasteiger partial charge >= 0.3 is 5.97 Å². The Morgan fingerprint density at radius 1 is 1.19 bits per heavy atom. The molecule has 1 fully saturated rings. The molecule has 1 aliphatic heterocycles. The zero-order valence-electron chi connectivity index (χ0n) is 14.8. The molecule has 0 aliphatic carbocycles. The Bertz CT molecular complexity index is 730. The van der Waals surface area contributed by atoms with E-state index in [0.29, 0.717) is 24.5 Å². The van der Waals surface area contributed by atoms with E-state index in [4.69, 9.17) is 14.2 Å². The van der Waals surface area contributed by atoms with Crippen molar-refractivity contribution in [3.05, 3.63) is 24.3 Å². The quantitative estimate of drug-likeness (QED) is 0.656. The Labute approximate surface area is 152 Å². The highest BCUT2D eigenvalue weighted by molar-refractivity contribution is 7.91. The van der Waals surface area contributed by atoms with Crippen LogP contribution >= 0.6 is 0 Å². The molecule has 1 amide bonds. The number of benzene rings is 1. The van der Waals surface area contributed by atoms with E-state index in [0.717, 1.165) is 0 Å². The molecule has 0 unspecified atom stereocenters. The van der Waals surface area contributed by atoms with Crippen LogP contribution in [-0.2, 0) is 24.2 Å². The number of hydrogen-bond acceptors (Lipinski definition) is 7. The SMILES string of the molecule is CCOc1ccc(OCC(=O)O[C@@H](C)C(=O)N[C@H]2CCS(=O)(=O)C2)cc1. The van der Waals surface area contributed by atoms with Crippen molar-refractivity contribution in [2.75, 3.05) is 24.7 Å². The molecule has 0 spiro atoms. The van der Waals surface area contributed by atoms with E-state index in [2.05, 4.69) is 5.32 Å². The Kier molecular flexibility index (Phi) is 6.84. The lowest BCUT2D eigenvalue weighted by Crippen LogP contribution is -2.43. The molecule has 1 aromatic rings. The highest BCUT2D eigenvalue weighted by Crippen LogP contribution is 2.17. The summed E-state index contributed by atoms with van der Waals surface area (Å²) in [4.78, 5) is 23.8. The second-order valence-corrected chi connectivity index (χ2v) is 8.16. The fraction of sp³-hybridized carbons (Fsp3) is 0.529. The van der Waals surface area contributed by atoms with Crippen LogP contribution in [0.4, 0.5) is 0 Å². The Balaban J connectivity index is 1.73. The summed E-state index contributed by atoms with van der Waals surface area (Å²) < 4.78 is 38.4. The summed E-state index contributed by atoms with van der Waals surface area (Å²) in [6.45, 7) is 3.51. The van der Waals surface area contributed by atoms with Crippen LogP contribution in [0.25, 0.3) is 0 Å². The standard InChI is InChI=1S/C17H23NO7S/c1-3-23-14-4-6-15(7-5-14)24-10-16(19)25-12(2)17(20)18-13-8-9-26(21,22)11-13/h4-7,12-13H,3,8-11H2,1-2H3,(H,18,20)/t12-,13-/m0/s1. The molecular formula is C17H23NO7S. The van der Waals surface area contributed by atoms with Crippen molar-refractivity contribution < 1.29 is 32.2 Å². The maximum absolute atomic E-state index is 12.0. The summed E-state index contributed by atoms with van der Waals surface area (Å²) in [6, 6.07) is 6.32. The lowest BCUT2D eigenvalue weighted by Gasteiger charge is -2.16. The van der Waals surface area contributed by atoms with Crippen molar-refractivity contribution in [2.24, 2.45) is 0 Å². The maximum atomic E-state index is 12.0. The molecule has 1 aliphatic rings. The summed E-state index contributed by atoms with van der Waals surface area (Å²) in [5, 5.41) is 2.58. The zero-order chi connectivity index (χ0) is 19.2. The van der Waals surface area contributed by atoms with Gasteiger partial charge in [-0.2, -0.15) is 0 Å². The van der Waals surface area contributed by atoms with E-state index in [1.165, 1.54) is 6.92 Å². The number of amides is 1. The van der Waals surface area contributed by atoms with Crippen LogP contribution in [0.2, 0.25) is 0 Å². The van der Waals surface area contributed by atoms with Crippen LogP contribution in [0, 0.1) is 0 Å². The van der Waals surface area contributed by atoms with Crippen molar-refractivity contribution >= 4 is 21.7 Å². The number of sulfone groups is 1. The normalized spacial score (nSPS) is 19.4. The summed E-state index contributed by atoms with van der Waals surface area (Å²) in [6.07, 6.45) is -0.662. The molecule has 1 aromatic carbocycles. The highest BCUT2D eigenvalue weighted by atomic mass is 32.2. The molecule has 1 saturated heterocycles. The molecule has 0 saturated carbocycles. The average Bonchev–Trinajstić information content (AvgIpc) is 2.93. The number of esters is 1. The van der Waals surface area contributed by atoms with Crippen molar-refractivity contribution in [1.29, 1.82) is 0 Å². The van der Waals surface area contributed by atoms with Crippen LogP contribution in [-0.4, -0.2) is 57.2 Å². The van der Waals surface area contributed by atoms with E-state index >= 15 is 0 Å². The van der Waals surface area contributed by atoms with Gasteiger partial charge in [0.25, 0.3) is 5.91 Å². The Hall–Kier alpha value is -2.29. The summed E-state index contributed by atoms with van der Waals surface area (Å²) in [5.41, 5.74) is 0. The van der Waals surface area contributed by atoms with Gasteiger partial charge in [-0.3, -0.25) is 4.79 Å². The van der Waals surface area contributed by atoms with E-state index in [1.807, 2.05) is 6.92 Å². The van der Waals surface area contributed by atoms with Gasteiger partial charge in [-0.1, -0.05) is 0 Å². The van der Waals surface area contributed by atoms with Crippen molar-refractivity contribution in [3.63, 3.8) is 0 Å². The number of nitrogens with one attached hydrogen (secondary N) is 1. The molecule has 1 heterocycles. The molecule has 2 atom stereocenters. The third kappa shape index (κ3) is 6.21. The lowest BCUT2D eigenvalue weighted by molar-refractivity contribution is -0.156. The molecule has 144 valence electrons. The maximum Gasteiger partial charge on any atom is 0.344 e. The number of hydrogen-bond donors (Lipinski definition) is 1. The molecule has 2 rings (SSSR count). The van der Waals surface area contributed by atoms with E-state index in [1.54, 1.807) is 24.3 Å². The first kappa shape index (κ1) is 20.0. The largest absolute Gasteiger partial charge is 0.494 e. The smallest absolute Gasteiger partial charge is 0.344 e. The van der Waals surface area contributed by atoms with Crippen LogP contribution in [0.1, 0.15) is 20.3 Å². The summed E-state index contributed by atoms with van der Waals surface area (Å²) >= 11 is 0. The monoisotopic (exact) mass is 385 g/mol. The van der Waals surface area contributed by atoms with E-state index < -0.39 is 33.9 Å². The predicted molar refractivity (Wildman–Crippen MR) is 93.9 cm³/mol. The summed E-state index contributed by atoms with van der Waals surface area (Å²) in [5.74, 6) is -0.0788. The van der Waals surface area contributed by atoms with Gasteiger partial charge in [0.1, 0.15) is 11.5 Å². The zero-order valence-corrected chi connectivity index (χ0v) is 15.6. The number of carbonyl (C=O) groups is 2. The number of rotatable bonds is 8. The second-order valence-electron chi connectivity index (χ2n) is 5.93. The van der Waals surface area contributed by atoms with Crippen LogP contribution in [0.15, 0.2) is 24.3 Å². The van der Waals surface area contributed by atoms with Crippen molar-refractivity contribution in [3.8, 4) is 11.5 Å². The van der Waals surface area contributed by atoms with Gasteiger partial charge in [-0.05, 0) is 44.5 Å². The van der Waals surface area contributed by atoms with Crippen LogP contribution < -0.4 is 14.8 Å². The molecule has 0 radical (unpaired) electrons. The third-order valence-electron chi connectivity index (χ3n) is 3.75. The van der Waals surface area contributed by atoms with Crippen LogP contribution in [0.5, 0.6) is 11.5 Å². The first-order valence-electron chi connectivity index (χ1n) is 8.35. The first-order valence-corrected chi connectivity index (χ1v) is 10.2. The topological polar surface area (TPSA) is 108 Å². The fourth-order valence-corrected chi connectivity index (χ4v) is 4.13. The summed E-state index contributed by atoms with van der Waals surface area (Å²) in [7, 11) is -3.09. The minimum atomic E-state index is -3.09. The highest BCUT2D eigenvalue weighted by Gasteiger charge is 2.30. The lowest BCUT2D eigenvalue weighted by atomic mass is 10.2. The van der Waals surface area contributed by atoms with Gasteiger partial charge in [-0.15, -0.1) is 0 Å². The van der Waals surface area contributed by atoms with Crippen LogP contribution in [0.3, 0.4) is 0 Å². The Morgan fingerprint density at radius 3 is 2.35 bits per heavy atom. The van der Waals surface area contributed by atoms with Gasteiger partial charge in [-0.25, -0.2) is 13.2 Å². The fourth-order valence-electron chi connectivity index (χ4n) is 2.45. The van der Waals surface area contributed by atoms with Crippen molar-refractivity contribution in [2.45, 2.75) is 32.4 Å². The van der Waals surface area contributed by atoms with Gasteiger partial charge in [0.05, 0.1) is 18.1 Å². The third-order valence-corrected chi connectivity index (χ3v) is 5.52. The molecule has 0 bridgehead atoms. The van der Waals surface area contributed by atoms with Gasteiger partial charge in [0.2, 0.25) is 0 Å². The number of ether oxygens (including phenoxy) is 3. The molecule has 26 heavy (non-hydrogen) atoms. The second kappa shape index (κ2) is 8.88. The average molecular weight is 385 g/mol. The van der Waals surface area contributed by atoms with Gasteiger partial charge in [0.15, 0.2) is 22.5 Å². The minimum absolute atomic E-state index is 0.0576. The van der Waals surface area contributed by atoms with Crippen molar-refractivity contribution in [1.82, 2.24) is 5.32 Å². The van der Waals surface area contributed by atoms with E-state index in [-0.39, 0.29) is 18.1 Å². The molecule has 0 aromatic heterocycles. The molecule has 9 heteroatoms. The van der Waals surface area contributed by atoms with E-state index in [9.17, 15) is 18.0 Å². The molecule has 8 nitrogen and oxygen atoms in total. The molecular weight excluding hydrogens is 362 g/mol. The minimum Gasteiger partial charge on any atom is -0.494 e. The van der Waals surface area contributed by atoms with Gasteiger partial charge in [0, 0.05) is 6.04 Å². The first-order chi connectivity index (χ1) is 12.3. The van der Waals surface area contributed by atoms with Gasteiger partial charge < -0.3 is 19.5 Å².